The number of nitrogens with one attached hydrogen (secondary N) is 2. The number of aromatic nitrogens is 2. The first-order valence-electron chi connectivity index (χ1n) is 9.29. The fourth-order valence-electron chi connectivity index (χ4n) is 2.94. The van der Waals surface area contributed by atoms with Crippen molar-refractivity contribution in [1.29, 1.82) is 0 Å². The highest BCUT2D eigenvalue weighted by molar-refractivity contribution is 5.43. The van der Waals surface area contributed by atoms with Crippen LogP contribution < -0.4 is 14.8 Å². The highest BCUT2D eigenvalue weighted by Gasteiger charge is 2.07. The number of aryl methyl sites for hydroxylation is 2. The van der Waals surface area contributed by atoms with Gasteiger partial charge in [-0.15, -0.1) is 0 Å². The number of aromatic amines is 1. The Labute approximate surface area is 160 Å². The fourth-order valence-corrected chi connectivity index (χ4v) is 2.94. The number of benzene rings is 2. The van der Waals surface area contributed by atoms with Crippen molar-refractivity contribution in [3.05, 3.63) is 77.1 Å². The standard InChI is InChI=1S/C22H27N3O2/c1-17-20(15-24-25-17)9-6-12-23-14-19-10-11-21(26-2)22(13-19)27-16-18-7-4-3-5-8-18/h3-5,7-8,10-11,13,15,23H,6,9,12,14,16H2,1-2H3,(H,24,25). The maximum Gasteiger partial charge on any atom is 0.161 e. The molecule has 5 heteroatoms. The maximum absolute atomic E-state index is 5.98. The van der Waals surface area contributed by atoms with Crippen LogP contribution >= 0.6 is 0 Å². The minimum absolute atomic E-state index is 0.526. The topological polar surface area (TPSA) is 59.2 Å². The van der Waals surface area contributed by atoms with E-state index in [1.54, 1.807) is 7.11 Å². The van der Waals surface area contributed by atoms with Crippen LogP contribution in [0.3, 0.4) is 0 Å². The molecule has 2 aromatic carbocycles. The van der Waals surface area contributed by atoms with Crippen molar-refractivity contribution in [2.24, 2.45) is 0 Å². The Morgan fingerprint density at radius 3 is 2.63 bits per heavy atom. The average Bonchev–Trinajstić information content (AvgIpc) is 3.12. The molecule has 0 aliphatic carbocycles. The van der Waals surface area contributed by atoms with Gasteiger partial charge in [0.1, 0.15) is 6.61 Å². The second-order valence-electron chi connectivity index (χ2n) is 6.56. The van der Waals surface area contributed by atoms with Crippen LogP contribution in [-0.4, -0.2) is 23.9 Å². The highest BCUT2D eigenvalue weighted by atomic mass is 16.5. The lowest BCUT2D eigenvalue weighted by Crippen LogP contribution is -2.15. The van der Waals surface area contributed by atoms with Crippen molar-refractivity contribution in [3.8, 4) is 11.5 Å². The summed E-state index contributed by atoms with van der Waals surface area (Å²) in [7, 11) is 1.67. The van der Waals surface area contributed by atoms with Gasteiger partial charge in [0, 0.05) is 12.2 Å². The minimum Gasteiger partial charge on any atom is -0.493 e. The van der Waals surface area contributed by atoms with Gasteiger partial charge in [0.25, 0.3) is 0 Å². The summed E-state index contributed by atoms with van der Waals surface area (Å²) < 4.78 is 11.4. The third-order valence-corrected chi connectivity index (χ3v) is 4.53. The van der Waals surface area contributed by atoms with Gasteiger partial charge in [0.15, 0.2) is 11.5 Å². The van der Waals surface area contributed by atoms with Crippen LogP contribution in [0, 0.1) is 6.92 Å². The second kappa shape index (κ2) is 9.78. The van der Waals surface area contributed by atoms with E-state index < -0.39 is 0 Å². The predicted octanol–water partition coefficient (Wildman–Crippen LogP) is 4.03. The van der Waals surface area contributed by atoms with Crippen molar-refractivity contribution in [1.82, 2.24) is 15.5 Å². The Balaban J connectivity index is 1.49. The number of ether oxygens (including phenoxy) is 2. The summed E-state index contributed by atoms with van der Waals surface area (Å²) in [5.74, 6) is 1.53. The molecule has 0 saturated carbocycles. The van der Waals surface area contributed by atoms with Crippen molar-refractivity contribution in [2.45, 2.75) is 32.9 Å². The molecule has 0 atom stereocenters. The molecule has 0 saturated heterocycles. The monoisotopic (exact) mass is 365 g/mol. The van der Waals surface area contributed by atoms with Crippen LogP contribution in [0.25, 0.3) is 0 Å². The Bertz CT molecular complexity index is 831. The molecule has 3 rings (SSSR count). The molecular formula is C22H27N3O2. The molecule has 27 heavy (non-hydrogen) atoms. The molecule has 0 amide bonds. The van der Waals surface area contributed by atoms with Gasteiger partial charge in [-0.3, -0.25) is 5.10 Å². The lowest BCUT2D eigenvalue weighted by atomic mass is 10.1. The van der Waals surface area contributed by atoms with Crippen molar-refractivity contribution in [3.63, 3.8) is 0 Å². The molecule has 0 bridgehead atoms. The molecule has 0 fully saturated rings. The number of nitrogens with zero attached hydrogens (tertiary/aromatic N) is 1. The van der Waals surface area contributed by atoms with E-state index in [2.05, 4.69) is 46.7 Å². The summed E-state index contributed by atoms with van der Waals surface area (Å²) in [6.45, 7) is 4.34. The first-order valence-corrected chi connectivity index (χ1v) is 9.29. The summed E-state index contributed by atoms with van der Waals surface area (Å²) >= 11 is 0. The molecule has 2 N–H and O–H groups in total. The minimum atomic E-state index is 0.526. The van der Waals surface area contributed by atoms with Gasteiger partial charge in [-0.2, -0.15) is 5.10 Å². The number of H-pyrrole nitrogens is 1. The van der Waals surface area contributed by atoms with Gasteiger partial charge >= 0.3 is 0 Å². The fraction of sp³-hybridized carbons (Fsp3) is 0.318. The third kappa shape index (κ3) is 5.59. The van der Waals surface area contributed by atoms with Crippen LogP contribution in [0.5, 0.6) is 11.5 Å². The van der Waals surface area contributed by atoms with Crippen LogP contribution in [0.15, 0.2) is 54.7 Å². The second-order valence-corrected chi connectivity index (χ2v) is 6.56. The van der Waals surface area contributed by atoms with E-state index in [9.17, 15) is 0 Å². The third-order valence-electron chi connectivity index (χ3n) is 4.53. The lowest BCUT2D eigenvalue weighted by molar-refractivity contribution is 0.284. The van der Waals surface area contributed by atoms with Gasteiger partial charge in [-0.1, -0.05) is 36.4 Å². The molecule has 0 unspecified atom stereocenters. The molecular weight excluding hydrogens is 338 g/mol. The molecule has 1 heterocycles. The van der Waals surface area contributed by atoms with E-state index >= 15 is 0 Å². The predicted molar refractivity (Wildman–Crippen MR) is 107 cm³/mol. The van der Waals surface area contributed by atoms with Crippen molar-refractivity contribution < 1.29 is 9.47 Å². The molecule has 1 aromatic heterocycles. The summed E-state index contributed by atoms with van der Waals surface area (Å²) in [6, 6.07) is 16.2. The van der Waals surface area contributed by atoms with E-state index in [0.717, 1.165) is 48.7 Å². The normalized spacial score (nSPS) is 10.7. The molecule has 0 radical (unpaired) electrons. The van der Waals surface area contributed by atoms with Gasteiger partial charge in [-0.25, -0.2) is 0 Å². The molecule has 0 aliphatic heterocycles. The quantitative estimate of drug-likeness (QED) is 0.533. The van der Waals surface area contributed by atoms with E-state index in [1.807, 2.05) is 30.5 Å². The molecule has 142 valence electrons. The lowest BCUT2D eigenvalue weighted by Gasteiger charge is -2.13. The van der Waals surface area contributed by atoms with E-state index in [-0.39, 0.29) is 0 Å². The van der Waals surface area contributed by atoms with Gasteiger partial charge in [-0.05, 0) is 55.1 Å². The summed E-state index contributed by atoms with van der Waals surface area (Å²) in [5, 5.41) is 10.5. The Morgan fingerprint density at radius 2 is 1.89 bits per heavy atom. The molecule has 0 aliphatic rings. The summed E-state index contributed by atoms with van der Waals surface area (Å²) in [6.07, 6.45) is 4.02. The van der Waals surface area contributed by atoms with Crippen LogP contribution in [0.1, 0.15) is 28.8 Å². The number of rotatable bonds is 10. The van der Waals surface area contributed by atoms with E-state index in [1.165, 1.54) is 11.1 Å². The van der Waals surface area contributed by atoms with Gasteiger partial charge in [0.2, 0.25) is 0 Å². The van der Waals surface area contributed by atoms with Gasteiger partial charge in [0.05, 0.1) is 13.3 Å². The Hall–Kier alpha value is -2.79. The largest absolute Gasteiger partial charge is 0.493 e. The number of hydrogen-bond acceptors (Lipinski definition) is 4. The smallest absolute Gasteiger partial charge is 0.161 e. The van der Waals surface area contributed by atoms with Crippen molar-refractivity contribution in [2.75, 3.05) is 13.7 Å². The molecule has 3 aromatic rings. The Kier molecular flexibility index (Phi) is 6.88. The molecule has 5 nitrogen and oxygen atoms in total. The average molecular weight is 365 g/mol. The zero-order valence-electron chi connectivity index (χ0n) is 16.0. The first-order chi connectivity index (χ1) is 13.3. The maximum atomic E-state index is 5.98. The van der Waals surface area contributed by atoms with Crippen LogP contribution in [-0.2, 0) is 19.6 Å². The number of methoxy groups -OCH3 is 1. The van der Waals surface area contributed by atoms with Crippen molar-refractivity contribution >= 4 is 0 Å². The van der Waals surface area contributed by atoms with Gasteiger partial charge < -0.3 is 14.8 Å². The van der Waals surface area contributed by atoms with Crippen LogP contribution in [0.4, 0.5) is 0 Å². The Morgan fingerprint density at radius 1 is 1.04 bits per heavy atom. The summed E-state index contributed by atoms with van der Waals surface area (Å²) in [5.41, 5.74) is 4.76. The molecule has 0 spiro atoms. The summed E-state index contributed by atoms with van der Waals surface area (Å²) in [4.78, 5) is 0. The zero-order valence-corrected chi connectivity index (χ0v) is 16.0. The zero-order chi connectivity index (χ0) is 18.9. The highest BCUT2D eigenvalue weighted by Crippen LogP contribution is 2.28. The van der Waals surface area contributed by atoms with Crippen LogP contribution in [0.2, 0.25) is 0 Å². The number of hydrogen-bond donors (Lipinski definition) is 2. The SMILES string of the molecule is COc1ccc(CNCCCc2cn[nH]c2C)cc1OCc1ccccc1. The van der Waals surface area contributed by atoms with E-state index in [4.69, 9.17) is 9.47 Å². The first kappa shape index (κ1) is 19.0. The van der Waals surface area contributed by atoms with E-state index in [0.29, 0.717) is 6.61 Å².